The molecular weight excluding hydrogens is 1160 g/mol. The van der Waals surface area contributed by atoms with E-state index in [4.69, 9.17) is 42.6 Å². The number of esters is 4. The minimum atomic E-state index is -5.32. The normalized spacial score (nSPS) is 22.3. The van der Waals surface area contributed by atoms with E-state index in [0.29, 0.717) is 25.7 Å². The molecular formula is C65H83F9O13. The highest BCUT2D eigenvalue weighted by molar-refractivity contribution is 5.91. The fourth-order valence-corrected chi connectivity index (χ4v) is 12.1. The van der Waals surface area contributed by atoms with Crippen molar-refractivity contribution >= 4 is 23.9 Å². The van der Waals surface area contributed by atoms with Crippen LogP contribution in [0.25, 0.3) is 0 Å². The van der Waals surface area contributed by atoms with Gasteiger partial charge in [0.2, 0.25) is 0 Å². The molecule has 0 unspecified atom stereocenters. The van der Waals surface area contributed by atoms with Crippen LogP contribution in [-0.4, -0.2) is 113 Å². The number of rotatable bonds is 35. The molecule has 3 aliphatic heterocycles. The third kappa shape index (κ3) is 17.2. The summed E-state index contributed by atoms with van der Waals surface area (Å²) in [5.74, 6) is -5.88. The SMILES string of the molecule is CCCCCCCCCCCC[C@@H](OC(=O)[C@](OC)(c1ccccc1)C(F)(F)F)[C@H]1CC[C@H]([C@H]2CC[C@H]([C@@H](CCCCCC[C@H](CC3=C[C@H](C)OC3=O)OC(=O)[C@](OC)(c3ccccc3)C(F)(F)F)OC(=O)[C@](OC)(c3ccccc3)C(F)(F)F)O2)O1. The smallest absolute Gasteiger partial charge is 0.432 e. The summed E-state index contributed by atoms with van der Waals surface area (Å²) in [4.78, 5) is 54.7. The molecule has 22 heteroatoms. The molecule has 13 nitrogen and oxygen atoms in total. The maximum absolute atomic E-state index is 15.3. The predicted octanol–water partition coefficient (Wildman–Crippen LogP) is 15.0. The molecule has 0 N–H and O–H groups in total. The van der Waals surface area contributed by atoms with E-state index in [1.807, 2.05) is 0 Å². The number of ether oxygens (including phenoxy) is 9. The zero-order chi connectivity index (χ0) is 63.5. The van der Waals surface area contributed by atoms with Crippen LogP contribution in [0, 0.1) is 0 Å². The topological polar surface area (TPSA) is 151 Å². The Kier molecular flexibility index (Phi) is 26.2. The monoisotopic (exact) mass is 1240 g/mol. The van der Waals surface area contributed by atoms with Crippen molar-refractivity contribution in [1.82, 2.24) is 0 Å². The van der Waals surface area contributed by atoms with Crippen molar-refractivity contribution in [3.8, 4) is 0 Å². The highest BCUT2D eigenvalue weighted by Crippen LogP contribution is 2.47. The standard InChI is InChI=1S/C65H83F9O13/c1-6-7-8-9-10-11-12-13-14-27-36-50(86-58(77)61(80-4,64(69,70)71)47-31-22-18-23-32-47)52-38-40-54(84-52)55-41-39-53(85-55)51(87-59(78)62(81-5,65(72,73)74)48-33-24-19-25-34-48)37-28-16-15-26-35-49(43-45-42-44(2)82-56(45)75)83-57(76)60(79-3,63(66,67)68)46-29-20-17-21-30-46/h17-25,29-34,42,44,49-55H,6-16,26-28,35-41,43H2,1-5H3/t44-,49+,50+,51+,52+,53+,54+,55+,60+,61+,62+/m0/s1. The van der Waals surface area contributed by atoms with E-state index in [9.17, 15) is 32.3 Å². The largest absolute Gasteiger partial charge is 0.459 e. The van der Waals surface area contributed by atoms with Gasteiger partial charge in [0.1, 0.15) is 24.4 Å². The van der Waals surface area contributed by atoms with Crippen molar-refractivity contribution in [3.63, 3.8) is 0 Å². The number of halogens is 9. The molecule has 3 aliphatic rings. The molecule has 0 spiro atoms. The third-order valence-electron chi connectivity index (χ3n) is 16.8. The Morgan fingerprint density at radius 1 is 0.483 bits per heavy atom. The molecule has 0 bridgehead atoms. The summed E-state index contributed by atoms with van der Waals surface area (Å²) in [6.07, 6.45) is -10.2. The fraction of sp³-hybridized carbons (Fsp3) is 0.631. The number of alkyl halides is 9. The maximum Gasteiger partial charge on any atom is 0.432 e. The van der Waals surface area contributed by atoms with E-state index >= 15 is 26.3 Å². The third-order valence-corrected chi connectivity index (χ3v) is 16.8. The Hall–Kier alpha value is -5.55. The van der Waals surface area contributed by atoms with Gasteiger partial charge in [-0.25, -0.2) is 19.2 Å². The number of benzene rings is 3. The quantitative estimate of drug-likeness (QED) is 0.0238. The minimum absolute atomic E-state index is 0.0354. The molecule has 2 fully saturated rings. The van der Waals surface area contributed by atoms with Crippen molar-refractivity contribution in [3.05, 3.63) is 119 Å². The Morgan fingerprint density at radius 3 is 1.14 bits per heavy atom. The van der Waals surface area contributed by atoms with Gasteiger partial charge in [0.05, 0.1) is 24.4 Å². The van der Waals surface area contributed by atoms with Gasteiger partial charge in [0.25, 0.3) is 16.8 Å². The molecule has 3 aromatic carbocycles. The summed E-state index contributed by atoms with van der Waals surface area (Å²) < 4.78 is 186. The zero-order valence-corrected chi connectivity index (χ0v) is 50.1. The van der Waals surface area contributed by atoms with Crippen LogP contribution in [0.5, 0.6) is 0 Å². The van der Waals surface area contributed by atoms with Gasteiger partial charge in [0.15, 0.2) is 0 Å². The van der Waals surface area contributed by atoms with Crippen molar-refractivity contribution < 1.29 is 101 Å². The van der Waals surface area contributed by atoms with Crippen molar-refractivity contribution in [2.45, 2.75) is 239 Å². The van der Waals surface area contributed by atoms with E-state index in [1.54, 1.807) is 6.92 Å². The van der Waals surface area contributed by atoms with Gasteiger partial charge in [-0.2, -0.15) is 39.5 Å². The van der Waals surface area contributed by atoms with Crippen LogP contribution < -0.4 is 0 Å². The molecule has 3 heterocycles. The molecule has 2 saturated heterocycles. The second-order valence-corrected chi connectivity index (χ2v) is 22.7. The summed E-state index contributed by atoms with van der Waals surface area (Å²) in [5.41, 5.74) is -12.0. The lowest BCUT2D eigenvalue weighted by molar-refractivity contribution is -0.281. The van der Waals surface area contributed by atoms with E-state index < -0.39 is 125 Å². The maximum atomic E-state index is 15.3. The van der Waals surface area contributed by atoms with Crippen molar-refractivity contribution in [2.75, 3.05) is 21.3 Å². The summed E-state index contributed by atoms with van der Waals surface area (Å²) >= 11 is 0. The first-order chi connectivity index (χ1) is 41.4. The van der Waals surface area contributed by atoms with Crippen LogP contribution >= 0.6 is 0 Å². The Labute approximate surface area is 503 Å². The number of carbonyl (C=O) groups excluding carboxylic acids is 4. The first-order valence-electron chi connectivity index (χ1n) is 30.3. The van der Waals surface area contributed by atoms with Crippen LogP contribution in [0.4, 0.5) is 39.5 Å². The van der Waals surface area contributed by atoms with E-state index in [-0.39, 0.29) is 63.4 Å². The van der Waals surface area contributed by atoms with Gasteiger partial charge in [0, 0.05) is 50.0 Å². The number of hydrogen-bond donors (Lipinski definition) is 0. The van der Waals surface area contributed by atoms with E-state index in [1.165, 1.54) is 73.5 Å². The number of methoxy groups -OCH3 is 3. The fourth-order valence-electron chi connectivity index (χ4n) is 12.1. The van der Waals surface area contributed by atoms with Gasteiger partial charge in [-0.1, -0.05) is 169 Å². The summed E-state index contributed by atoms with van der Waals surface area (Å²) in [5, 5.41) is 0. The second-order valence-electron chi connectivity index (χ2n) is 22.7. The number of carbonyl (C=O) groups is 4. The highest BCUT2D eigenvalue weighted by atomic mass is 19.4. The van der Waals surface area contributed by atoms with Crippen LogP contribution in [0.2, 0.25) is 0 Å². The second kappa shape index (κ2) is 32.3. The van der Waals surface area contributed by atoms with Gasteiger partial charge in [-0.3, -0.25) is 0 Å². The van der Waals surface area contributed by atoms with Crippen molar-refractivity contribution in [2.24, 2.45) is 0 Å². The number of cyclic esters (lactones) is 1. The van der Waals surface area contributed by atoms with Gasteiger partial charge in [-0.15, -0.1) is 0 Å². The van der Waals surface area contributed by atoms with E-state index in [0.717, 1.165) is 103 Å². The lowest BCUT2D eigenvalue weighted by Crippen LogP contribution is -2.53. The van der Waals surface area contributed by atoms with Crippen LogP contribution in [0.3, 0.4) is 0 Å². The molecule has 0 aromatic heterocycles. The molecule has 3 aromatic rings. The van der Waals surface area contributed by atoms with Crippen LogP contribution in [0.15, 0.2) is 103 Å². The zero-order valence-electron chi connectivity index (χ0n) is 50.1. The predicted molar refractivity (Wildman–Crippen MR) is 301 cm³/mol. The average Bonchev–Trinajstić information content (AvgIpc) is 1.98. The Balaban J connectivity index is 1.17. The molecule has 87 heavy (non-hydrogen) atoms. The van der Waals surface area contributed by atoms with Gasteiger partial charge in [-0.05, 0) is 77.2 Å². The molecule has 6 rings (SSSR count). The molecule has 484 valence electrons. The molecule has 11 atom stereocenters. The lowest BCUT2D eigenvalue weighted by Gasteiger charge is -2.35. The number of unbranched alkanes of at least 4 members (excludes halogenated alkanes) is 12. The Bertz CT molecular complexity index is 2640. The summed E-state index contributed by atoms with van der Waals surface area (Å²) in [7, 11) is 2.27. The first kappa shape index (κ1) is 70.5. The van der Waals surface area contributed by atoms with Gasteiger partial charge < -0.3 is 42.6 Å². The summed E-state index contributed by atoms with van der Waals surface area (Å²) in [6, 6.07) is 19.0. The average molecular weight is 1240 g/mol. The van der Waals surface area contributed by atoms with E-state index in [2.05, 4.69) is 6.92 Å². The molecule has 0 radical (unpaired) electrons. The van der Waals surface area contributed by atoms with Gasteiger partial charge >= 0.3 is 42.4 Å². The Morgan fingerprint density at radius 2 is 0.816 bits per heavy atom. The summed E-state index contributed by atoms with van der Waals surface area (Å²) in [6.45, 7) is 3.74. The molecule has 0 amide bonds. The molecule has 0 saturated carbocycles. The first-order valence-corrected chi connectivity index (χ1v) is 30.3. The molecule has 0 aliphatic carbocycles. The lowest BCUT2D eigenvalue weighted by atomic mass is 9.92. The van der Waals surface area contributed by atoms with Crippen LogP contribution in [0.1, 0.15) is 172 Å². The van der Waals surface area contributed by atoms with Crippen molar-refractivity contribution in [1.29, 1.82) is 0 Å². The highest BCUT2D eigenvalue weighted by Gasteiger charge is 2.67. The van der Waals surface area contributed by atoms with Crippen LogP contribution in [-0.2, 0) is 78.6 Å². The number of hydrogen-bond acceptors (Lipinski definition) is 13. The minimum Gasteiger partial charge on any atom is -0.459 e.